The number of nitro groups is 1. The van der Waals surface area contributed by atoms with Crippen LogP contribution in [0.25, 0.3) is 0 Å². The molecule has 2 aromatic rings. The van der Waals surface area contributed by atoms with Crippen LogP contribution in [0.15, 0.2) is 36.4 Å². The number of anilines is 1. The minimum Gasteiger partial charge on any atom is -0.415 e. The van der Waals surface area contributed by atoms with Crippen molar-refractivity contribution in [3.05, 3.63) is 63.5 Å². The van der Waals surface area contributed by atoms with Crippen molar-refractivity contribution in [2.45, 2.75) is 6.42 Å². The summed E-state index contributed by atoms with van der Waals surface area (Å²) in [5.74, 6) is -2.19. The Kier molecular flexibility index (Phi) is 4.36. The molecule has 2 aromatic carbocycles. The largest absolute Gasteiger partial charge is 0.415 e. The summed E-state index contributed by atoms with van der Waals surface area (Å²) in [6, 6.07) is 6.85. The molecule has 0 radical (unpaired) electrons. The minimum absolute atomic E-state index is 0.0812. The number of sulfonamides is 1. The predicted octanol–water partition coefficient (Wildman–Crippen LogP) is 2.28. The number of carbonyl (C=O) groups excluding carboxylic acids is 1. The van der Waals surface area contributed by atoms with E-state index in [-0.39, 0.29) is 12.1 Å². The van der Waals surface area contributed by atoms with Gasteiger partial charge in [-0.3, -0.25) is 14.4 Å². The van der Waals surface area contributed by atoms with Crippen LogP contribution < -0.4 is 9.04 Å². The molecular weight excluding hydrogens is 367 g/mol. The van der Waals surface area contributed by atoms with E-state index in [1.165, 1.54) is 22.5 Å². The number of carbonyl (C=O) groups is 1. The lowest BCUT2D eigenvalue weighted by atomic mass is 10.1. The maximum atomic E-state index is 13.3. The first kappa shape index (κ1) is 17.8. The van der Waals surface area contributed by atoms with Crippen LogP contribution >= 0.6 is 0 Å². The third-order valence-electron chi connectivity index (χ3n) is 3.89. The normalized spacial score (nSPS) is 13.4. The van der Waals surface area contributed by atoms with Gasteiger partial charge in [0.25, 0.3) is 0 Å². The van der Waals surface area contributed by atoms with Crippen LogP contribution in [0, 0.1) is 15.9 Å². The Labute approximate surface area is 148 Å². The smallest absolute Gasteiger partial charge is 0.343 e. The first-order chi connectivity index (χ1) is 12.2. The van der Waals surface area contributed by atoms with E-state index in [0.717, 1.165) is 24.5 Å². The number of esters is 1. The van der Waals surface area contributed by atoms with Gasteiger partial charge in [-0.25, -0.2) is 17.6 Å². The molecule has 0 aromatic heterocycles. The highest BCUT2D eigenvalue weighted by Crippen LogP contribution is 2.32. The summed E-state index contributed by atoms with van der Waals surface area (Å²) in [5.41, 5.74) is 0.654. The van der Waals surface area contributed by atoms with Crippen molar-refractivity contribution in [3.8, 4) is 5.75 Å². The Morgan fingerprint density at radius 3 is 2.65 bits per heavy atom. The van der Waals surface area contributed by atoms with Gasteiger partial charge in [0.05, 0.1) is 22.4 Å². The molecule has 10 heteroatoms. The van der Waals surface area contributed by atoms with Crippen molar-refractivity contribution in [2.24, 2.45) is 0 Å². The van der Waals surface area contributed by atoms with Crippen molar-refractivity contribution >= 4 is 27.4 Å². The second-order valence-corrected chi connectivity index (χ2v) is 7.59. The standard InChI is InChI=1S/C16H13FN2O6S/c1-26(23,24)18-7-6-10-8-11(2-4-13(10)18)16(20)25-15-9-12(17)3-5-14(15)19(21)22/h2-5,8-9H,6-7H2,1H3. The molecular formula is C16H13FN2O6S. The molecule has 0 N–H and O–H groups in total. The lowest BCUT2D eigenvalue weighted by molar-refractivity contribution is -0.385. The second kappa shape index (κ2) is 6.37. The highest BCUT2D eigenvalue weighted by atomic mass is 32.2. The maximum absolute atomic E-state index is 13.3. The number of rotatable bonds is 4. The van der Waals surface area contributed by atoms with E-state index in [0.29, 0.717) is 17.7 Å². The molecule has 8 nitrogen and oxygen atoms in total. The molecule has 0 unspecified atom stereocenters. The van der Waals surface area contributed by atoms with Gasteiger partial charge < -0.3 is 4.74 Å². The molecule has 0 saturated carbocycles. The van der Waals surface area contributed by atoms with E-state index in [2.05, 4.69) is 0 Å². The zero-order chi connectivity index (χ0) is 19.1. The highest BCUT2D eigenvalue weighted by Gasteiger charge is 2.27. The molecule has 136 valence electrons. The highest BCUT2D eigenvalue weighted by molar-refractivity contribution is 7.92. The van der Waals surface area contributed by atoms with Gasteiger partial charge in [-0.05, 0) is 36.2 Å². The molecule has 0 spiro atoms. The summed E-state index contributed by atoms with van der Waals surface area (Å²) in [6.07, 6.45) is 1.51. The summed E-state index contributed by atoms with van der Waals surface area (Å²) in [5, 5.41) is 11.0. The Balaban J connectivity index is 1.89. The van der Waals surface area contributed by atoms with Crippen LogP contribution in [0.3, 0.4) is 0 Å². The summed E-state index contributed by atoms with van der Waals surface area (Å²) >= 11 is 0. The molecule has 1 aliphatic rings. The topological polar surface area (TPSA) is 107 Å². The molecule has 0 bridgehead atoms. The predicted molar refractivity (Wildman–Crippen MR) is 90.3 cm³/mol. The molecule has 0 saturated heterocycles. The van der Waals surface area contributed by atoms with E-state index in [1.807, 2.05) is 0 Å². The molecule has 0 atom stereocenters. The first-order valence-corrected chi connectivity index (χ1v) is 9.28. The maximum Gasteiger partial charge on any atom is 0.343 e. The number of hydrogen-bond acceptors (Lipinski definition) is 6. The van der Waals surface area contributed by atoms with Gasteiger partial charge in [-0.1, -0.05) is 0 Å². The van der Waals surface area contributed by atoms with Gasteiger partial charge in [0.1, 0.15) is 5.82 Å². The van der Waals surface area contributed by atoms with Crippen LogP contribution in [0.2, 0.25) is 0 Å². The van der Waals surface area contributed by atoms with Crippen LogP contribution in [0.4, 0.5) is 15.8 Å². The molecule has 26 heavy (non-hydrogen) atoms. The Morgan fingerprint density at radius 1 is 1.27 bits per heavy atom. The van der Waals surface area contributed by atoms with Gasteiger partial charge >= 0.3 is 11.7 Å². The number of nitro benzene ring substituents is 1. The van der Waals surface area contributed by atoms with E-state index in [1.54, 1.807) is 0 Å². The SMILES string of the molecule is CS(=O)(=O)N1CCc2cc(C(=O)Oc3cc(F)ccc3[N+](=O)[O-])ccc21. The average Bonchev–Trinajstić information content (AvgIpc) is 2.97. The van der Waals surface area contributed by atoms with Gasteiger partial charge in [-0.2, -0.15) is 0 Å². The quantitative estimate of drug-likeness (QED) is 0.349. The van der Waals surface area contributed by atoms with Crippen molar-refractivity contribution in [2.75, 3.05) is 17.1 Å². The van der Waals surface area contributed by atoms with Crippen LogP contribution in [-0.2, 0) is 16.4 Å². The fourth-order valence-corrected chi connectivity index (χ4v) is 3.68. The number of nitrogens with zero attached hydrogens (tertiary/aromatic N) is 2. The number of fused-ring (bicyclic) bond motifs is 1. The van der Waals surface area contributed by atoms with E-state index >= 15 is 0 Å². The molecule has 0 amide bonds. The second-order valence-electron chi connectivity index (χ2n) is 5.69. The Bertz CT molecular complexity index is 1020. The first-order valence-electron chi connectivity index (χ1n) is 7.43. The van der Waals surface area contributed by atoms with Crippen molar-refractivity contribution in [3.63, 3.8) is 0 Å². The number of benzene rings is 2. The Hall–Kier alpha value is -3.01. The van der Waals surface area contributed by atoms with E-state index in [9.17, 15) is 27.7 Å². The van der Waals surface area contributed by atoms with E-state index < -0.39 is 38.2 Å². The molecule has 1 heterocycles. The van der Waals surface area contributed by atoms with Crippen LogP contribution in [0.5, 0.6) is 5.75 Å². The van der Waals surface area contributed by atoms with Crippen molar-refractivity contribution < 1.29 is 27.3 Å². The van der Waals surface area contributed by atoms with E-state index in [4.69, 9.17) is 4.74 Å². The summed E-state index contributed by atoms with van der Waals surface area (Å²) in [6.45, 7) is 0.266. The molecule has 0 fully saturated rings. The van der Waals surface area contributed by atoms with Crippen LogP contribution in [-0.4, -0.2) is 32.1 Å². The fraction of sp³-hybridized carbons (Fsp3) is 0.188. The van der Waals surface area contributed by atoms with Crippen molar-refractivity contribution in [1.29, 1.82) is 0 Å². The average molecular weight is 380 g/mol. The number of hydrogen-bond donors (Lipinski definition) is 0. The molecule has 3 rings (SSSR count). The summed E-state index contributed by atoms with van der Waals surface area (Å²) < 4.78 is 43.0. The summed E-state index contributed by atoms with van der Waals surface area (Å²) in [4.78, 5) is 22.5. The lowest BCUT2D eigenvalue weighted by Gasteiger charge is -2.16. The number of halogens is 1. The van der Waals surface area contributed by atoms with Gasteiger partial charge in [-0.15, -0.1) is 0 Å². The molecule has 1 aliphatic heterocycles. The van der Waals surface area contributed by atoms with Gasteiger partial charge in [0.2, 0.25) is 15.8 Å². The van der Waals surface area contributed by atoms with Crippen LogP contribution in [0.1, 0.15) is 15.9 Å². The third kappa shape index (κ3) is 3.36. The number of ether oxygens (including phenoxy) is 1. The van der Waals surface area contributed by atoms with Crippen molar-refractivity contribution in [1.82, 2.24) is 0 Å². The zero-order valence-corrected chi connectivity index (χ0v) is 14.3. The van der Waals surface area contributed by atoms with Gasteiger partial charge in [0.15, 0.2) is 0 Å². The lowest BCUT2D eigenvalue weighted by Crippen LogP contribution is -2.27. The molecule has 0 aliphatic carbocycles. The Morgan fingerprint density at radius 2 is 2.00 bits per heavy atom. The monoisotopic (exact) mass is 380 g/mol. The minimum atomic E-state index is -3.42. The summed E-state index contributed by atoms with van der Waals surface area (Å²) in [7, 11) is -3.42. The van der Waals surface area contributed by atoms with Gasteiger partial charge in [0, 0.05) is 18.7 Å². The zero-order valence-electron chi connectivity index (χ0n) is 13.5. The third-order valence-corrected chi connectivity index (χ3v) is 5.07. The fourth-order valence-electron chi connectivity index (χ4n) is 2.72.